The highest BCUT2D eigenvalue weighted by Crippen LogP contribution is 2.28. The van der Waals surface area contributed by atoms with E-state index < -0.39 is 0 Å². The maximum atomic E-state index is 14.1. The van der Waals surface area contributed by atoms with Gasteiger partial charge in [0.2, 0.25) is 5.91 Å². The third-order valence-corrected chi connectivity index (χ3v) is 5.57. The number of hydrogen-bond donors (Lipinski definition) is 0. The van der Waals surface area contributed by atoms with E-state index in [1.807, 2.05) is 35.2 Å². The summed E-state index contributed by atoms with van der Waals surface area (Å²) in [5.41, 5.74) is 2.18. The van der Waals surface area contributed by atoms with Crippen molar-refractivity contribution in [2.75, 3.05) is 6.54 Å². The molecular weight excluding hydrogens is 355 g/mol. The molecule has 0 spiro atoms. The van der Waals surface area contributed by atoms with Gasteiger partial charge in [-0.1, -0.05) is 66.5 Å². The Morgan fingerprint density at radius 1 is 1.07 bits per heavy atom. The summed E-state index contributed by atoms with van der Waals surface area (Å²) >= 11 is 0. The molecule has 1 aliphatic heterocycles. The zero-order chi connectivity index (χ0) is 19.3. The van der Waals surface area contributed by atoms with Crippen molar-refractivity contribution in [3.05, 3.63) is 71.5 Å². The topological polar surface area (TPSA) is 41.9 Å². The Bertz CT molecular complexity index is 847. The van der Waals surface area contributed by atoms with Crippen molar-refractivity contribution in [1.29, 1.82) is 0 Å². The smallest absolute Gasteiger partial charge is 0.226 e. The van der Waals surface area contributed by atoms with Gasteiger partial charge in [-0.15, -0.1) is 0 Å². The minimum atomic E-state index is -0.298. The molecular formula is C23H25FN2O2. The van der Waals surface area contributed by atoms with Crippen molar-refractivity contribution in [1.82, 2.24) is 4.90 Å². The third kappa shape index (κ3) is 4.24. The van der Waals surface area contributed by atoms with Gasteiger partial charge in [0.05, 0.1) is 12.3 Å². The summed E-state index contributed by atoms with van der Waals surface area (Å²) in [6.07, 6.45) is 4.43. The zero-order valence-electron chi connectivity index (χ0n) is 15.9. The molecule has 1 amide bonds. The summed E-state index contributed by atoms with van der Waals surface area (Å²) in [6, 6.07) is 16.6. The first-order valence-corrected chi connectivity index (χ1v) is 10.0. The van der Waals surface area contributed by atoms with Crippen molar-refractivity contribution in [3.8, 4) is 0 Å². The number of benzene rings is 2. The van der Waals surface area contributed by atoms with E-state index in [0.29, 0.717) is 30.8 Å². The highest BCUT2D eigenvalue weighted by atomic mass is 19.1. The lowest BCUT2D eigenvalue weighted by atomic mass is 10.0. The summed E-state index contributed by atoms with van der Waals surface area (Å²) in [6.45, 7) is 1.02. The van der Waals surface area contributed by atoms with Crippen molar-refractivity contribution in [2.24, 2.45) is 11.1 Å². The highest BCUT2D eigenvalue weighted by molar-refractivity contribution is 6.01. The minimum absolute atomic E-state index is 0.108. The number of nitrogens with zero attached hydrogens (tertiary/aromatic N) is 2. The fourth-order valence-electron chi connectivity index (χ4n) is 4.09. The van der Waals surface area contributed by atoms with Crippen molar-refractivity contribution in [2.45, 2.75) is 44.8 Å². The van der Waals surface area contributed by atoms with Crippen LogP contribution in [0.5, 0.6) is 0 Å². The second-order valence-electron chi connectivity index (χ2n) is 7.64. The number of rotatable bonds is 6. The molecule has 1 saturated carbocycles. The van der Waals surface area contributed by atoms with Crippen LogP contribution in [0.4, 0.5) is 4.39 Å². The number of halogens is 1. The molecule has 146 valence electrons. The van der Waals surface area contributed by atoms with Gasteiger partial charge in [0.25, 0.3) is 0 Å². The summed E-state index contributed by atoms with van der Waals surface area (Å²) in [5.74, 6) is 0.00930. The van der Waals surface area contributed by atoms with Gasteiger partial charge in [-0.05, 0) is 24.5 Å². The Balaban J connectivity index is 1.45. The standard InChI is InChI=1S/C23H25FN2O2/c24-21-13-7-6-12-20(21)22-14-19(28-25-22)16-26(15-17-8-2-1-3-9-17)23(27)18-10-4-5-11-18/h1-3,6-9,12-13,18-19H,4-5,10-11,14-16H2. The lowest BCUT2D eigenvalue weighted by Crippen LogP contribution is -2.40. The average molecular weight is 380 g/mol. The maximum absolute atomic E-state index is 14.1. The SMILES string of the molecule is O=C(C1CCCC1)N(Cc1ccccc1)CC1CC(c2ccccc2F)=NO1. The fraction of sp³-hybridized carbons (Fsp3) is 0.391. The van der Waals surface area contributed by atoms with Crippen LogP contribution in [0.25, 0.3) is 0 Å². The van der Waals surface area contributed by atoms with E-state index in [9.17, 15) is 9.18 Å². The molecule has 2 aromatic carbocycles. The van der Waals surface area contributed by atoms with E-state index in [4.69, 9.17) is 4.84 Å². The van der Waals surface area contributed by atoms with Crippen molar-refractivity contribution < 1.29 is 14.0 Å². The number of hydrogen-bond acceptors (Lipinski definition) is 3. The molecule has 5 heteroatoms. The minimum Gasteiger partial charge on any atom is -0.390 e. The molecule has 1 unspecified atom stereocenters. The molecule has 4 nitrogen and oxygen atoms in total. The largest absolute Gasteiger partial charge is 0.390 e. The molecule has 28 heavy (non-hydrogen) atoms. The molecule has 0 saturated heterocycles. The monoisotopic (exact) mass is 380 g/mol. The van der Waals surface area contributed by atoms with E-state index in [0.717, 1.165) is 31.2 Å². The van der Waals surface area contributed by atoms with Crippen LogP contribution in [0.1, 0.15) is 43.2 Å². The van der Waals surface area contributed by atoms with Crippen LogP contribution >= 0.6 is 0 Å². The molecule has 0 N–H and O–H groups in total. The highest BCUT2D eigenvalue weighted by Gasteiger charge is 2.32. The molecule has 2 aromatic rings. The van der Waals surface area contributed by atoms with Gasteiger partial charge in [0.15, 0.2) is 6.10 Å². The van der Waals surface area contributed by atoms with Crippen LogP contribution in [0.15, 0.2) is 59.8 Å². The van der Waals surface area contributed by atoms with Gasteiger partial charge in [0, 0.05) is 24.4 Å². The molecule has 1 aliphatic carbocycles. The lowest BCUT2D eigenvalue weighted by molar-refractivity contribution is -0.137. The van der Waals surface area contributed by atoms with E-state index in [1.165, 1.54) is 6.07 Å². The Morgan fingerprint density at radius 3 is 2.54 bits per heavy atom. The Hall–Kier alpha value is -2.69. The summed E-state index contributed by atoms with van der Waals surface area (Å²) in [7, 11) is 0. The molecule has 1 heterocycles. The van der Waals surface area contributed by atoms with Gasteiger partial charge in [-0.3, -0.25) is 4.79 Å². The normalized spacial score (nSPS) is 19.3. The molecule has 2 aliphatic rings. The average Bonchev–Trinajstić information content (AvgIpc) is 3.40. The first kappa shape index (κ1) is 18.7. The van der Waals surface area contributed by atoms with Crippen LogP contribution in [-0.4, -0.2) is 29.2 Å². The quantitative estimate of drug-likeness (QED) is 0.738. The number of amides is 1. The zero-order valence-corrected chi connectivity index (χ0v) is 15.9. The molecule has 0 radical (unpaired) electrons. The molecule has 0 bridgehead atoms. The second-order valence-corrected chi connectivity index (χ2v) is 7.64. The Morgan fingerprint density at radius 2 is 1.79 bits per heavy atom. The van der Waals surface area contributed by atoms with Gasteiger partial charge < -0.3 is 9.74 Å². The van der Waals surface area contributed by atoms with Gasteiger partial charge in [-0.2, -0.15) is 0 Å². The molecule has 1 atom stereocenters. The van der Waals surface area contributed by atoms with Gasteiger partial charge in [-0.25, -0.2) is 4.39 Å². The van der Waals surface area contributed by atoms with Crippen LogP contribution in [0.3, 0.4) is 0 Å². The predicted octanol–water partition coefficient (Wildman–Crippen LogP) is 4.54. The van der Waals surface area contributed by atoms with Crippen molar-refractivity contribution >= 4 is 11.6 Å². The van der Waals surface area contributed by atoms with Crippen LogP contribution in [0, 0.1) is 11.7 Å². The number of carbonyl (C=O) groups excluding carboxylic acids is 1. The third-order valence-electron chi connectivity index (χ3n) is 5.57. The molecule has 4 rings (SSSR count). The summed E-state index contributed by atoms with van der Waals surface area (Å²) < 4.78 is 14.1. The van der Waals surface area contributed by atoms with Crippen LogP contribution in [-0.2, 0) is 16.2 Å². The van der Waals surface area contributed by atoms with E-state index in [-0.39, 0.29) is 23.7 Å². The van der Waals surface area contributed by atoms with Gasteiger partial charge in [0.1, 0.15) is 5.82 Å². The first-order valence-electron chi connectivity index (χ1n) is 10.0. The summed E-state index contributed by atoms with van der Waals surface area (Å²) in [5, 5.41) is 4.10. The van der Waals surface area contributed by atoms with Crippen LogP contribution in [0.2, 0.25) is 0 Å². The number of carbonyl (C=O) groups is 1. The van der Waals surface area contributed by atoms with Crippen LogP contribution < -0.4 is 0 Å². The molecule has 0 aromatic heterocycles. The predicted molar refractivity (Wildman–Crippen MR) is 106 cm³/mol. The Labute approximate surface area is 165 Å². The molecule has 1 fully saturated rings. The van der Waals surface area contributed by atoms with Gasteiger partial charge >= 0.3 is 0 Å². The fourth-order valence-corrected chi connectivity index (χ4v) is 4.09. The van der Waals surface area contributed by atoms with E-state index in [1.54, 1.807) is 18.2 Å². The van der Waals surface area contributed by atoms with E-state index in [2.05, 4.69) is 5.16 Å². The Kier molecular flexibility index (Phi) is 5.70. The lowest BCUT2D eigenvalue weighted by Gasteiger charge is -2.27. The first-order chi connectivity index (χ1) is 13.7. The second kappa shape index (κ2) is 8.55. The maximum Gasteiger partial charge on any atom is 0.226 e. The van der Waals surface area contributed by atoms with E-state index >= 15 is 0 Å². The van der Waals surface area contributed by atoms with Crippen molar-refractivity contribution in [3.63, 3.8) is 0 Å². The number of oxime groups is 1. The summed E-state index contributed by atoms with van der Waals surface area (Å²) in [4.78, 5) is 20.6.